The Bertz CT molecular complexity index is 628. The van der Waals surface area contributed by atoms with Crippen molar-refractivity contribution in [3.63, 3.8) is 0 Å². The quantitative estimate of drug-likeness (QED) is 0.488. The summed E-state index contributed by atoms with van der Waals surface area (Å²) in [5.41, 5.74) is -0.375. The smallest absolute Gasteiger partial charge is 0.264 e. The number of amides is 1. The first-order chi connectivity index (χ1) is 13.0. The summed E-state index contributed by atoms with van der Waals surface area (Å²) in [7, 11) is 0. The predicted molar refractivity (Wildman–Crippen MR) is 110 cm³/mol. The van der Waals surface area contributed by atoms with Gasteiger partial charge in [0.15, 0.2) is 5.60 Å². The van der Waals surface area contributed by atoms with Crippen LogP contribution in [0.5, 0.6) is 0 Å². The van der Waals surface area contributed by atoms with Crippen LogP contribution in [-0.2, 0) is 15.2 Å². The maximum Gasteiger partial charge on any atom is 0.264 e. The highest BCUT2D eigenvalue weighted by Gasteiger charge is 2.49. The molecule has 1 unspecified atom stereocenters. The average Bonchev–Trinajstić information content (AvgIpc) is 2.84. The molecule has 1 heterocycles. The van der Waals surface area contributed by atoms with Gasteiger partial charge in [-0.1, -0.05) is 82.9 Å². The summed E-state index contributed by atoms with van der Waals surface area (Å²) < 4.78 is 0. The monoisotopic (exact) mass is 373 g/mol. The maximum absolute atomic E-state index is 12.8. The van der Waals surface area contributed by atoms with Gasteiger partial charge in [0.2, 0.25) is 0 Å². The van der Waals surface area contributed by atoms with Crippen LogP contribution in [0.15, 0.2) is 24.3 Å². The number of nitrogens with zero attached hydrogens (tertiary/aromatic N) is 1. The molecule has 150 valence electrons. The highest BCUT2D eigenvalue weighted by Crippen LogP contribution is 2.42. The second-order valence-corrected chi connectivity index (χ2v) is 7.89. The molecular formula is C23H35NO3. The summed E-state index contributed by atoms with van der Waals surface area (Å²) in [6, 6.07) is 7.30. The fourth-order valence-corrected chi connectivity index (χ4v) is 4.02. The van der Waals surface area contributed by atoms with E-state index < -0.39 is 5.60 Å². The summed E-state index contributed by atoms with van der Waals surface area (Å²) in [4.78, 5) is 26.1. The van der Waals surface area contributed by atoms with Crippen LogP contribution in [0.25, 0.3) is 0 Å². The normalized spacial score (nSPS) is 18.8. The second kappa shape index (κ2) is 10.6. The Balaban J connectivity index is 1.78. The lowest BCUT2D eigenvalue weighted by atomic mass is 9.90. The highest BCUT2D eigenvalue weighted by molar-refractivity contribution is 6.08. The zero-order valence-corrected chi connectivity index (χ0v) is 17.0. The van der Waals surface area contributed by atoms with Crippen LogP contribution in [0.3, 0.4) is 0 Å². The van der Waals surface area contributed by atoms with E-state index in [1.807, 2.05) is 12.1 Å². The Labute approximate surface area is 164 Å². The van der Waals surface area contributed by atoms with E-state index in [0.29, 0.717) is 12.1 Å². The number of anilines is 1. The molecule has 4 nitrogen and oxygen atoms in total. The third-order valence-electron chi connectivity index (χ3n) is 5.48. The Hall–Kier alpha value is -1.68. The molecule has 0 saturated carbocycles. The SMILES string of the molecule is CCCCCCCCCCCCN1C(=O)C(O)(CC(C)=O)c2ccccc21. The molecule has 1 atom stereocenters. The molecule has 0 radical (unpaired) electrons. The van der Waals surface area contributed by atoms with E-state index in [-0.39, 0.29) is 18.1 Å². The van der Waals surface area contributed by atoms with Gasteiger partial charge in [-0.05, 0) is 19.4 Å². The Morgan fingerprint density at radius 2 is 1.52 bits per heavy atom. The fourth-order valence-electron chi connectivity index (χ4n) is 4.02. The maximum atomic E-state index is 12.8. The Morgan fingerprint density at radius 1 is 0.963 bits per heavy atom. The molecule has 1 aliphatic heterocycles. The molecule has 2 rings (SSSR count). The van der Waals surface area contributed by atoms with E-state index in [4.69, 9.17) is 0 Å². The zero-order chi connectivity index (χ0) is 19.7. The van der Waals surface area contributed by atoms with Crippen molar-refractivity contribution in [1.29, 1.82) is 0 Å². The number of hydrogen-bond acceptors (Lipinski definition) is 3. The fraction of sp³-hybridized carbons (Fsp3) is 0.652. The summed E-state index contributed by atoms with van der Waals surface area (Å²) in [5, 5.41) is 10.9. The highest BCUT2D eigenvalue weighted by atomic mass is 16.3. The van der Waals surface area contributed by atoms with Crippen molar-refractivity contribution in [3.8, 4) is 0 Å². The van der Waals surface area contributed by atoms with Gasteiger partial charge in [-0.2, -0.15) is 0 Å². The summed E-state index contributed by atoms with van der Waals surface area (Å²) >= 11 is 0. The molecule has 1 amide bonds. The Morgan fingerprint density at radius 3 is 2.11 bits per heavy atom. The summed E-state index contributed by atoms with van der Waals surface area (Å²) in [5.74, 6) is -0.531. The van der Waals surface area contributed by atoms with Crippen LogP contribution in [0.2, 0.25) is 0 Å². The molecule has 0 aromatic heterocycles. The number of rotatable bonds is 13. The van der Waals surface area contributed by atoms with Crippen molar-refractivity contribution in [3.05, 3.63) is 29.8 Å². The van der Waals surface area contributed by atoms with E-state index in [1.54, 1.807) is 17.0 Å². The molecule has 1 aromatic rings. The van der Waals surface area contributed by atoms with Gasteiger partial charge in [0.25, 0.3) is 5.91 Å². The van der Waals surface area contributed by atoms with E-state index >= 15 is 0 Å². The number of carbonyl (C=O) groups is 2. The lowest BCUT2D eigenvalue weighted by Gasteiger charge is -2.22. The number of ketones is 1. The van der Waals surface area contributed by atoms with Gasteiger partial charge in [-0.25, -0.2) is 0 Å². The zero-order valence-electron chi connectivity index (χ0n) is 17.0. The predicted octanol–water partition coefficient (Wildman–Crippen LogP) is 5.12. The van der Waals surface area contributed by atoms with Crippen LogP contribution in [0.1, 0.15) is 90.0 Å². The van der Waals surface area contributed by atoms with Crippen molar-refractivity contribution in [1.82, 2.24) is 0 Å². The standard InChI is InChI=1S/C23H35NO3/c1-3-4-5-6-7-8-9-10-11-14-17-24-21-16-13-12-15-20(21)23(27,22(24)26)18-19(2)25/h12-13,15-16,27H,3-11,14,17-18H2,1-2H3. The van der Waals surface area contributed by atoms with Crippen molar-refractivity contribution >= 4 is 17.4 Å². The van der Waals surface area contributed by atoms with Crippen LogP contribution in [0.4, 0.5) is 5.69 Å². The van der Waals surface area contributed by atoms with Gasteiger partial charge in [0.05, 0.1) is 5.69 Å². The molecule has 0 spiro atoms. The van der Waals surface area contributed by atoms with Crippen LogP contribution >= 0.6 is 0 Å². The Kier molecular flexibility index (Phi) is 8.49. The van der Waals surface area contributed by atoms with Crippen LogP contribution in [0, 0.1) is 0 Å². The molecular weight excluding hydrogens is 338 g/mol. The number of hydrogen-bond donors (Lipinski definition) is 1. The number of benzene rings is 1. The van der Waals surface area contributed by atoms with Gasteiger partial charge in [0, 0.05) is 18.5 Å². The lowest BCUT2D eigenvalue weighted by Crippen LogP contribution is -2.41. The van der Waals surface area contributed by atoms with E-state index in [0.717, 1.165) is 18.5 Å². The first-order valence-corrected chi connectivity index (χ1v) is 10.6. The number of fused-ring (bicyclic) bond motifs is 1. The first-order valence-electron chi connectivity index (χ1n) is 10.6. The molecule has 1 aromatic carbocycles. The molecule has 1 aliphatic rings. The van der Waals surface area contributed by atoms with Crippen molar-refractivity contribution in [2.24, 2.45) is 0 Å². The molecule has 1 N–H and O–H groups in total. The minimum Gasteiger partial charge on any atom is -0.375 e. The van der Waals surface area contributed by atoms with E-state index in [9.17, 15) is 14.7 Å². The molecule has 4 heteroatoms. The number of aliphatic hydroxyl groups is 1. The molecule has 0 saturated heterocycles. The molecule has 0 fully saturated rings. The molecule has 0 bridgehead atoms. The number of carbonyl (C=O) groups excluding carboxylic acids is 2. The van der Waals surface area contributed by atoms with Crippen molar-refractivity contribution < 1.29 is 14.7 Å². The molecule has 27 heavy (non-hydrogen) atoms. The third kappa shape index (κ3) is 5.65. The number of unbranched alkanes of at least 4 members (excludes halogenated alkanes) is 9. The largest absolute Gasteiger partial charge is 0.375 e. The van der Waals surface area contributed by atoms with E-state index in [1.165, 1.54) is 58.3 Å². The topological polar surface area (TPSA) is 57.6 Å². The minimum absolute atomic E-state index is 0.155. The van der Waals surface area contributed by atoms with E-state index in [2.05, 4.69) is 6.92 Å². The van der Waals surface area contributed by atoms with Gasteiger partial charge >= 0.3 is 0 Å². The number of Topliss-reactive ketones (excluding diaryl/α,β-unsaturated/α-hetero) is 1. The van der Waals surface area contributed by atoms with Gasteiger partial charge in [0.1, 0.15) is 5.78 Å². The van der Waals surface area contributed by atoms with Gasteiger partial charge in [-0.3, -0.25) is 9.59 Å². The van der Waals surface area contributed by atoms with Gasteiger partial charge in [-0.15, -0.1) is 0 Å². The van der Waals surface area contributed by atoms with Crippen LogP contribution in [-0.4, -0.2) is 23.3 Å². The van der Waals surface area contributed by atoms with Crippen molar-refractivity contribution in [2.45, 2.75) is 90.1 Å². The van der Waals surface area contributed by atoms with Crippen LogP contribution < -0.4 is 4.90 Å². The third-order valence-corrected chi connectivity index (χ3v) is 5.48. The van der Waals surface area contributed by atoms with Gasteiger partial charge < -0.3 is 10.0 Å². The molecule has 0 aliphatic carbocycles. The summed E-state index contributed by atoms with van der Waals surface area (Å²) in [6.07, 6.45) is 12.3. The lowest BCUT2D eigenvalue weighted by molar-refractivity contribution is -0.141. The minimum atomic E-state index is -1.69. The first kappa shape index (κ1) is 21.6. The second-order valence-electron chi connectivity index (χ2n) is 7.89. The average molecular weight is 374 g/mol. The number of para-hydroxylation sites is 1. The summed E-state index contributed by atoms with van der Waals surface area (Å²) in [6.45, 7) is 4.26. The van der Waals surface area contributed by atoms with Crippen molar-refractivity contribution in [2.75, 3.05) is 11.4 Å².